The van der Waals surface area contributed by atoms with E-state index >= 15 is 0 Å². The first-order valence-corrected chi connectivity index (χ1v) is 10.3. The van der Waals surface area contributed by atoms with E-state index in [0.717, 1.165) is 27.4 Å². The van der Waals surface area contributed by atoms with Crippen LogP contribution in [0.2, 0.25) is 0 Å². The van der Waals surface area contributed by atoms with Crippen molar-refractivity contribution in [3.05, 3.63) is 101 Å². The van der Waals surface area contributed by atoms with Crippen molar-refractivity contribution < 1.29 is 13.9 Å². The van der Waals surface area contributed by atoms with Gasteiger partial charge < -0.3 is 10.1 Å². The second-order valence-electron chi connectivity index (χ2n) is 6.80. The highest BCUT2D eigenvalue weighted by Crippen LogP contribution is 2.26. The Hall–Kier alpha value is -3.51. The van der Waals surface area contributed by atoms with Crippen molar-refractivity contribution in [3.63, 3.8) is 0 Å². The molecule has 4 nitrogen and oxygen atoms in total. The van der Waals surface area contributed by atoms with Gasteiger partial charge in [-0.25, -0.2) is 9.37 Å². The molecule has 0 spiro atoms. The Morgan fingerprint density at radius 3 is 2.63 bits per heavy atom. The van der Waals surface area contributed by atoms with Gasteiger partial charge in [0.15, 0.2) is 0 Å². The van der Waals surface area contributed by atoms with Gasteiger partial charge in [-0.05, 0) is 66.6 Å². The third-order valence-corrected chi connectivity index (χ3v) is 5.30. The third kappa shape index (κ3) is 4.90. The Bertz CT molecular complexity index is 1170. The molecule has 4 aromatic rings. The summed E-state index contributed by atoms with van der Waals surface area (Å²) in [6, 6.07) is 21.4. The summed E-state index contributed by atoms with van der Waals surface area (Å²) in [5.74, 6) is 0.160. The normalized spacial score (nSPS) is 10.6. The first-order valence-electron chi connectivity index (χ1n) is 9.38. The molecular weight excluding hydrogens is 399 g/mol. The van der Waals surface area contributed by atoms with Gasteiger partial charge in [-0.3, -0.25) is 4.79 Å². The highest BCUT2D eigenvalue weighted by atomic mass is 32.1. The molecule has 0 atom stereocenters. The van der Waals surface area contributed by atoms with Crippen LogP contribution in [0.15, 0.2) is 78.2 Å². The standard InChI is InChI=1S/C24H19FN2O2S/c1-16-4-2-7-20(12-16)26-23(28)22-15-30-24(27-22)18-8-10-21(11-9-18)29-14-17-5-3-6-19(25)13-17/h2-13,15H,14H2,1H3,(H,26,28). The summed E-state index contributed by atoms with van der Waals surface area (Å²) in [5, 5.41) is 5.36. The predicted molar refractivity (Wildman–Crippen MR) is 117 cm³/mol. The number of aromatic nitrogens is 1. The monoisotopic (exact) mass is 418 g/mol. The lowest BCUT2D eigenvalue weighted by molar-refractivity contribution is 0.102. The van der Waals surface area contributed by atoms with E-state index in [1.165, 1.54) is 23.5 Å². The molecule has 1 heterocycles. The highest BCUT2D eigenvalue weighted by Gasteiger charge is 2.12. The minimum Gasteiger partial charge on any atom is -0.489 e. The van der Waals surface area contributed by atoms with E-state index < -0.39 is 0 Å². The molecule has 0 aliphatic rings. The topological polar surface area (TPSA) is 51.2 Å². The molecule has 1 aromatic heterocycles. The first kappa shape index (κ1) is 19.8. The van der Waals surface area contributed by atoms with Crippen molar-refractivity contribution in [2.45, 2.75) is 13.5 Å². The van der Waals surface area contributed by atoms with Crippen LogP contribution in [-0.2, 0) is 6.61 Å². The van der Waals surface area contributed by atoms with Crippen LogP contribution in [0.1, 0.15) is 21.6 Å². The fraction of sp³-hybridized carbons (Fsp3) is 0.0833. The second kappa shape index (κ2) is 8.88. The Balaban J connectivity index is 1.40. The number of benzene rings is 3. The Labute approximate surface area is 178 Å². The summed E-state index contributed by atoms with van der Waals surface area (Å²) in [6.07, 6.45) is 0. The van der Waals surface area contributed by atoms with Crippen LogP contribution in [0.25, 0.3) is 10.6 Å². The van der Waals surface area contributed by atoms with Gasteiger partial charge in [0.25, 0.3) is 5.91 Å². The average Bonchev–Trinajstić information content (AvgIpc) is 3.23. The minimum absolute atomic E-state index is 0.238. The molecule has 30 heavy (non-hydrogen) atoms. The summed E-state index contributed by atoms with van der Waals surface area (Å²) in [7, 11) is 0. The lowest BCUT2D eigenvalue weighted by Crippen LogP contribution is -2.12. The van der Waals surface area contributed by atoms with Crippen LogP contribution < -0.4 is 10.1 Å². The zero-order valence-corrected chi connectivity index (χ0v) is 17.1. The summed E-state index contributed by atoms with van der Waals surface area (Å²) in [4.78, 5) is 16.9. The lowest BCUT2D eigenvalue weighted by atomic mass is 10.2. The van der Waals surface area contributed by atoms with Crippen molar-refractivity contribution in [2.24, 2.45) is 0 Å². The van der Waals surface area contributed by atoms with Gasteiger partial charge >= 0.3 is 0 Å². The summed E-state index contributed by atoms with van der Waals surface area (Å²) in [5.41, 5.74) is 3.86. The number of rotatable bonds is 6. The third-order valence-electron chi connectivity index (χ3n) is 4.41. The minimum atomic E-state index is -0.280. The van der Waals surface area contributed by atoms with E-state index in [4.69, 9.17) is 4.74 Å². The summed E-state index contributed by atoms with van der Waals surface area (Å²) < 4.78 is 19.0. The predicted octanol–water partition coefficient (Wildman–Crippen LogP) is 6.09. The molecule has 0 saturated carbocycles. The van der Waals surface area contributed by atoms with Crippen LogP contribution in [0.5, 0.6) is 5.75 Å². The smallest absolute Gasteiger partial charge is 0.275 e. The SMILES string of the molecule is Cc1cccc(NC(=O)c2csc(-c3ccc(OCc4cccc(F)c4)cc3)n2)c1. The van der Waals surface area contributed by atoms with E-state index in [1.54, 1.807) is 11.4 Å². The first-order chi connectivity index (χ1) is 14.6. The van der Waals surface area contributed by atoms with Crippen LogP contribution >= 0.6 is 11.3 Å². The quantitative estimate of drug-likeness (QED) is 0.412. The fourth-order valence-corrected chi connectivity index (χ4v) is 3.72. The molecule has 150 valence electrons. The zero-order valence-electron chi connectivity index (χ0n) is 16.3. The fourth-order valence-electron chi connectivity index (χ4n) is 2.92. The van der Waals surface area contributed by atoms with Gasteiger partial charge in [0, 0.05) is 16.6 Å². The van der Waals surface area contributed by atoms with Gasteiger partial charge in [0.2, 0.25) is 0 Å². The number of amides is 1. The van der Waals surface area contributed by atoms with E-state index in [2.05, 4.69) is 10.3 Å². The molecule has 0 unspecified atom stereocenters. The van der Waals surface area contributed by atoms with E-state index in [0.29, 0.717) is 11.4 Å². The summed E-state index contributed by atoms with van der Waals surface area (Å²) in [6.45, 7) is 2.26. The number of nitrogens with zero attached hydrogens (tertiary/aromatic N) is 1. The van der Waals surface area contributed by atoms with Gasteiger partial charge in [0.05, 0.1) is 0 Å². The van der Waals surface area contributed by atoms with E-state index in [1.807, 2.05) is 61.5 Å². The number of hydrogen-bond acceptors (Lipinski definition) is 4. The Morgan fingerprint density at radius 2 is 1.87 bits per heavy atom. The van der Waals surface area contributed by atoms with Gasteiger partial charge in [0.1, 0.15) is 28.9 Å². The molecule has 0 saturated heterocycles. The van der Waals surface area contributed by atoms with Gasteiger partial charge in [-0.15, -0.1) is 11.3 Å². The highest BCUT2D eigenvalue weighted by molar-refractivity contribution is 7.13. The van der Waals surface area contributed by atoms with Crippen LogP contribution in [0.3, 0.4) is 0 Å². The number of thiazole rings is 1. The zero-order chi connectivity index (χ0) is 20.9. The Morgan fingerprint density at radius 1 is 1.07 bits per heavy atom. The molecule has 1 amide bonds. The van der Waals surface area contributed by atoms with E-state index in [9.17, 15) is 9.18 Å². The molecule has 0 bridgehead atoms. The molecule has 0 radical (unpaired) electrons. The molecule has 1 N–H and O–H groups in total. The Kier molecular flexibility index (Phi) is 5.86. The van der Waals surface area contributed by atoms with Gasteiger partial charge in [-0.1, -0.05) is 24.3 Å². The summed E-state index contributed by atoms with van der Waals surface area (Å²) >= 11 is 1.41. The van der Waals surface area contributed by atoms with Crippen LogP contribution in [0, 0.1) is 12.7 Å². The average molecular weight is 418 g/mol. The second-order valence-corrected chi connectivity index (χ2v) is 7.66. The van der Waals surface area contributed by atoms with E-state index in [-0.39, 0.29) is 18.3 Å². The molecule has 0 fully saturated rings. The molecule has 6 heteroatoms. The van der Waals surface area contributed by atoms with Crippen molar-refractivity contribution in [3.8, 4) is 16.3 Å². The number of hydrogen-bond donors (Lipinski definition) is 1. The largest absolute Gasteiger partial charge is 0.489 e. The van der Waals surface area contributed by atoms with Gasteiger partial charge in [-0.2, -0.15) is 0 Å². The number of carbonyl (C=O) groups excluding carboxylic acids is 1. The lowest BCUT2D eigenvalue weighted by Gasteiger charge is -2.07. The van der Waals surface area contributed by atoms with Crippen molar-refractivity contribution in [1.29, 1.82) is 0 Å². The molecular formula is C24H19FN2O2S. The number of ether oxygens (including phenoxy) is 1. The van der Waals surface area contributed by atoms with Crippen molar-refractivity contribution >= 4 is 22.9 Å². The number of nitrogens with one attached hydrogen (secondary N) is 1. The van der Waals surface area contributed by atoms with Crippen molar-refractivity contribution in [2.75, 3.05) is 5.32 Å². The maximum atomic E-state index is 13.2. The molecule has 0 aliphatic heterocycles. The number of halogens is 1. The molecule has 3 aromatic carbocycles. The maximum Gasteiger partial charge on any atom is 0.275 e. The number of carbonyl (C=O) groups is 1. The van der Waals surface area contributed by atoms with Crippen LogP contribution in [-0.4, -0.2) is 10.9 Å². The van der Waals surface area contributed by atoms with Crippen LogP contribution in [0.4, 0.5) is 10.1 Å². The van der Waals surface area contributed by atoms with Crippen molar-refractivity contribution in [1.82, 2.24) is 4.98 Å². The molecule has 0 aliphatic carbocycles. The maximum absolute atomic E-state index is 13.2. The number of aryl methyl sites for hydroxylation is 1. The molecule has 4 rings (SSSR count). The number of anilines is 1.